The van der Waals surface area contributed by atoms with E-state index in [-0.39, 0.29) is 19.8 Å². The molecule has 0 aromatic carbocycles. The van der Waals surface area contributed by atoms with E-state index >= 15 is 0 Å². The Labute approximate surface area is 208 Å². The number of rotatable bonds is 7. The van der Waals surface area contributed by atoms with Crippen molar-refractivity contribution in [2.24, 2.45) is 0 Å². The average molecular weight is 533 g/mol. The van der Waals surface area contributed by atoms with Crippen molar-refractivity contribution in [2.45, 2.75) is 92.6 Å². The van der Waals surface area contributed by atoms with Gasteiger partial charge in [-0.05, 0) is 6.92 Å². The number of ether oxygens (including phenoxy) is 6. The Morgan fingerprint density at radius 3 is 1.81 bits per heavy atom. The van der Waals surface area contributed by atoms with E-state index in [4.69, 9.17) is 38.6 Å². The van der Waals surface area contributed by atoms with Crippen molar-refractivity contribution in [1.29, 1.82) is 0 Å². The lowest BCUT2D eigenvalue weighted by Crippen LogP contribution is -2.60. The van der Waals surface area contributed by atoms with Crippen molar-refractivity contribution in [3.8, 4) is 0 Å². The molecule has 0 amide bonds. The van der Waals surface area contributed by atoms with Crippen molar-refractivity contribution >= 4 is 0 Å². The zero-order valence-electron chi connectivity index (χ0n) is 20.4. The number of hydrogen-bond donors (Lipinski definition) is 9. The summed E-state index contributed by atoms with van der Waals surface area (Å²) >= 11 is 0. The Balaban J connectivity index is 0.000000297. The molecule has 3 aliphatic heterocycles. The molecule has 36 heavy (non-hydrogen) atoms. The fourth-order valence-corrected chi connectivity index (χ4v) is 4.25. The summed E-state index contributed by atoms with van der Waals surface area (Å²) in [7, 11) is 2.75. The maximum Gasteiger partial charge on any atom is 0.186 e. The summed E-state index contributed by atoms with van der Waals surface area (Å²) in [4.78, 5) is 0. The molecular weight excluding hydrogens is 492 g/mol. The van der Waals surface area contributed by atoms with Crippen LogP contribution in [0.5, 0.6) is 0 Å². The zero-order chi connectivity index (χ0) is 27.2. The second-order valence-corrected chi connectivity index (χ2v) is 8.90. The van der Waals surface area contributed by atoms with Crippen LogP contribution in [0.4, 0.5) is 0 Å². The Hall–Kier alpha value is -0.600. The molecule has 0 radical (unpaired) electrons. The molecule has 3 rings (SSSR count). The van der Waals surface area contributed by atoms with Gasteiger partial charge >= 0.3 is 0 Å². The van der Waals surface area contributed by atoms with Gasteiger partial charge in [0.25, 0.3) is 0 Å². The van der Waals surface area contributed by atoms with Crippen LogP contribution >= 0.6 is 0 Å². The predicted molar refractivity (Wildman–Crippen MR) is 117 cm³/mol. The summed E-state index contributed by atoms with van der Waals surface area (Å²) in [6.07, 6.45) is -14.4. The van der Waals surface area contributed by atoms with Gasteiger partial charge in [-0.25, -0.2) is 0 Å². The predicted octanol–water partition coefficient (Wildman–Crippen LogP) is -5.56. The largest absolute Gasteiger partial charge is 0.394 e. The van der Waals surface area contributed by atoms with Crippen LogP contribution < -0.4 is 0 Å². The molecule has 0 bridgehead atoms. The van der Waals surface area contributed by atoms with Crippen molar-refractivity contribution in [2.75, 3.05) is 40.6 Å². The second-order valence-electron chi connectivity index (χ2n) is 8.90. The summed E-state index contributed by atoms with van der Waals surface area (Å²) in [5.74, 6) is 0. The summed E-state index contributed by atoms with van der Waals surface area (Å²) in [5.41, 5.74) is 0. The van der Waals surface area contributed by atoms with Gasteiger partial charge < -0.3 is 74.4 Å². The molecule has 15 nitrogen and oxygen atoms in total. The first-order valence-electron chi connectivity index (χ1n) is 11.6. The lowest BCUT2D eigenvalue weighted by atomic mass is 9.96. The van der Waals surface area contributed by atoms with Crippen LogP contribution in [0, 0.1) is 0 Å². The highest BCUT2D eigenvalue weighted by Gasteiger charge is 2.46. The van der Waals surface area contributed by atoms with Gasteiger partial charge in [-0.2, -0.15) is 0 Å². The van der Waals surface area contributed by atoms with E-state index in [1.807, 2.05) is 0 Å². The summed E-state index contributed by atoms with van der Waals surface area (Å²) in [6, 6.07) is 0. The molecule has 9 N–H and O–H groups in total. The fourth-order valence-electron chi connectivity index (χ4n) is 4.25. The van der Waals surface area contributed by atoms with Gasteiger partial charge in [-0.15, -0.1) is 0 Å². The van der Waals surface area contributed by atoms with Gasteiger partial charge in [0.2, 0.25) is 0 Å². The molecule has 0 saturated carbocycles. The molecule has 3 aliphatic rings. The van der Waals surface area contributed by atoms with Gasteiger partial charge in [0.15, 0.2) is 6.29 Å². The van der Waals surface area contributed by atoms with E-state index in [2.05, 4.69) is 0 Å². The van der Waals surface area contributed by atoms with Gasteiger partial charge in [-0.1, -0.05) is 0 Å². The summed E-state index contributed by atoms with van der Waals surface area (Å²) in [6.45, 7) is 0.583. The van der Waals surface area contributed by atoms with Crippen LogP contribution in [-0.2, 0) is 28.4 Å². The standard InChI is InChI=1S/C13H24O10.C8H16O5/c1-20-12-7(21-3-5(15)8(12)16)4-22-13-11(19)10(18)9(17)6(2-14)23-13;1-4-6(10)7(11)8(12-2)5(3-9)13-4/h5-19H,2-4H2,1H3;4-11H,3H2,1-2H3/t5?,6?,7?,8-,9?,10+,11?,12?,13+;4-,5?,6?,7+,8?/m10/s1. The molecule has 0 aromatic rings. The van der Waals surface area contributed by atoms with Crippen LogP contribution in [-0.4, -0.2) is 172 Å². The quantitative estimate of drug-likeness (QED) is 0.149. The van der Waals surface area contributed by atoms with E-state index in [1.54, 1.807) is 6.92 Å². The molecular formula is C21H40O15. The molecule has 214 valence electrons. The Kier molecular flexibility index (Phi) is 12.8. The van der Waals surface area contributed by atoms with Crippen molar-refractivity contribution in [3.05, 3.63) is 0 Å². The normalized spacial score (nSPS) is 47.7. The summed E-state index contributed by atoms with van der Waals surface area (Å²) < 4.78 is 31.1. The van der Waals surface area contributed by atoms with Crippen LogP contribution in [0.15, 0.2) is 0 Å². The van der Waals surface area contributed by atoms with Crippen LogP contribution in [0.1, 0.15) is 6.92 Å². The first-order chi connectivity index (χ1) is 17.0. The van der Waals surface area contributed by atoms with Crippen LogP contribution in [0.25, 0.3) is 0 Å². The molecule has 14 atom stereocenters. The number of aliphatic hydroxyl groups excluding tert-OH is 9. The Morgan fingerprint density at radius 2 is 1.25 bits per heavy atom. The molecule has 0 spiro atoms. The lowest BCUT2D eigenvalue weighted by Gasteiger charge is -2.41. The van der Waals surface area contributed by atoms with E-state index in [0.717, 1.165) is 0 Å². The molecule has 3 fully saturated rings. The zero-order valence-corrected chi connectivity index (χ0v) is 20.4. The van der Waals surface area contributed by atoms with E-state index in [9.17, 15) is 35.7 Å². The minimum atomic E-state index is -1.54. The minimum absolute atomic E-state index is 0.107. The highest BCUT2D eigenvalue weighted by Crippen LogP contribution is 2.25. The van der Waals surface area contributed by atoms with Crippen LogP contribution in [0.2, 0.25) is 0 Å². The third-order valence-corrected chi connectivity index (χ3v) is 6.50. The average Bonchev–Trinajstić information content (AvgIpc) is 2.87. The van der Waals surface area contributed by atoms with Gasteiger partial charge in [0.05, 0.1) is 32.5 Å². The van der Waals surface area contributed by atoms with Crippen molar-refractivity contribution in [3.63, 3.8) is 0 Å². The van der Waals surface area contributed by atoms with Crippen LogP contribution in [0.3, 0.4) is 0 Å². The lowest BCUT2D eigenvalue weighted by molar-refractivity contribution is -0.311. The van der Waals surface area contributed by atoms with Gasteiger partial charge in [0, 0.05) is 14.2 Å². The fraction of sp³-hybridized carbons (Fsp3) is 1.00. The third-order valence-electron chi connectivity index (χ3n) is 6.50. The minimum Gasteiger partial charge on any atom is -0.394 e. The smallest absolute Gasteiger partial charge is 0.186 e. The Morgan fingerprint density at radius 1 is 0.667 bits per heavy atom. The van der Waals surface area contributed by atoms with Gasteiger partial charge in [-0.3, -0.25) is 0 Å². The topological polar surface area (TPSA) is 237 Å². The third kappa shape index (κ3) is 7.28. The number of methoxy groups -OCH3 is 2. The highest BCUT2D eigenvalue weighted by molar-refractivity contribution is 4.92. The summed E-state index contributed by atoms with van der Waals surface area (Å²) in [5, 5.41) is 85.6. The molecule has 0 aromatic heterocycles. The first-order valence-corrected chi connectivity index (χ1v) is 11.6. The number of aliphatic hydroxyl groups is 9. The maximum absolute atomic E-state index is 9.86. The van der Waals surface area contributed by atoms with Gasteiger partial charge in [0.1, 0.15) is 73.2 Å². The first kappa shape index (κ1) is 31.6. The molecule has 9 unspecified atom stereocenters. The number of hydrogen-bond acceptors (Lipinski definition) is 15. The molecule has 3 saturated heterocycles. The van der Waals surface area contributed by atoms with E-state index in [0.29, 0.717) is 0 Å². The highest BCUT2D eigenvalue weighted by atomic mass is 16.7. The molecule has 0 aliphatic carbocycles. The monoisotopic (exact) mass is 532 g/mol. The molecule has 3 heterocycles. The van der Waals surface area contributed by atoms with Crippen molar-refractivity contribution < 1.29 is 74.4 Å². The Bertz CT molecular complexity index is 624. The van der Waals surface area contributed by atoms with Crippen molar-refractivity contribution in [1.82, 2.24) is 0 Å². The molecule has 15 heteroatoms. The van der Waals surface area contributed by atoms with E-state index in [1.165, 1.54) is 14.2 Å². The SMILES string of the molecule is COC1C(CO)O[C@@H](C)C(O)[C@H]1O.COC1C(CO[C@H]2OC(CO)C(O)[C@H](O)C2O)OCC(O)[C@H]1O. The maximum atomic E-state index is 9.86. The second kappa shape index (κ2) is 14.5. The van der Waals surface area contributed by atoms with E-state index < -0.39 is 92.2 Å².